The predicted molar refractivity (Wildman–Crippen MR) is 48.8 cm³/mol. The van der Waals surface area contributed by atoms with E-state index in [0.717, 1.165) is 15.5 Å². The van der Waals surface area contributed by atoms with E-state index in [2.05, 4.69) is 30.7 Å². The highest BCUT2D eigenvalue weighted by molar-refractivity contribution is 7.81. The van der Waals surface area contributed by atoms with Gasteiger partial charge in [0.25, 0.3) is 0 Å². The topological polar surface area (TPSA) is 38.0 Å². The zero-order valence-electron chi connectivity index (χ0n) is 5.20. The number of rotatable bonds is 1. The number of hydrogen-bond acceptors (Lipinski definition) is 4. The van der Waals surface area contributed by atoms with Crippen LogP contribution in [-0.4, -0.2) is 0 Å². The van der Waals surface area contributed by atoms with Crippen LogP contribution in [0.25, 0.3) is 0 Å². The van der Waals surface area contributed by atoms with Crippen LogP contribution in [0.4, 0.5) is 5.69 Å². The van der Waals surface area contributed by atoms with Gasteiger partial charge < -0.3 is 5.43 Å². The Morgan fingerprint density at radius 3 is 2.00 bits per heavy atom. The molecule has 0 radical (unpaired) electrons. The van der Waals surface area contributed by atoms with E-state index in [1.165, 1.54) is 0 Å². The van der Waals surface area contributed by atoms with Crippen molar-refractivity contribution < 1.29 is 0 Å². The molecule has 2 nitrogen and oxygen atoms in total. The van der Waals surface area contributed by atoms with Gasteiger partial charge >= 0.3 is 0 Å². The molecule has 0 unspecified atom stereocenters. The van der Waals surface area contributed by atoms with E-state index in [9.17, 15) is 0 Å². The summed E-state index contributed by atoms with van der Waals surface area (Å²) in [5, 5.41) is 0. The number of hydrogen-bond donors (Lipinski definition) is 4. The molecule has 0 aliphatic heterocycles. The van der Waals surface area contributed by atoms with Crippen molar-refractivity contribution in [3.8, 4) is 0 Å². The number of benzene rings is 1. The van der Waals surface area contributed by atoms with Crippen LogP contribution in [0.15, 0.2) is 28.0 Å². The summed E-state index contributed by atoms with van der Waals surface area (Å²) in [7, 11) is 0. The lowest BCUT2D eigenvalue weighted by molar-refractivity contribution is 1.23. The Morgan fingerprint density at radius 2 is 1.70 bits per heavy atom. The summed E-state index contributed by atoms with van der Waals surface area (Å²) >= 11 is 8.31. The van der Waals surface area contributed by atoms with Crippen molar-refractivity contribution in [2.45, 2.75) is 9.79 Å². The highest BCUT2D eigenvalue weighted by atomic mass is 32.1. The minimum absolute atomic E-state index is 0.758. The van der Waals surface area contributed by atoms with Gasteiger partial charge in [0, 0.05) is 9.79 Å². The lowest BCUT2D eigenvalue weighted by Gasteiger charge is -2.05. The number of nitrogen functional groups attached to an aromatic ring is 1. The maximum atomic E-state index is 5.20. The first-order valence-corrected chi connectivity index (χ1v) is 3.62. The third-order valence-corrected chi connectivity index (χ3v) is 1.91. The van der Waals surface area contributed by atoms with E-state index in [4.69, 9.17) is 5.84 Å². The fourth-order valence-corrected chi connectivity index (χ4v) is 1.31. The molecule has 0 aliphatic rings. The maximum absolute atomic E-state index is 5.20. The lowest BCUT2D eigenvalue weighted by atomic mass is 10.3. The second-order valence-corrected chi connectivity index (χ2v) is 2.78. The first-order chi connectivity index (χ1) is 4.75. The number of hydrazine groups is 1. The molecule has 0 amide bonds. The zero-order valence-corrected chi connectivity index (χ0v) is 6.99. The highest BCUT2D eigenvalue weighted by Crippen LogP contribution is 2.25. The van der Waals surface area contributed by atoms with Crippen molar-refractivity contribution in [1.82, 2.24) is 0 Å². The van der Waals surface area contributed by atoms with Crippen LogP contribution in [0.2, 0.25) is 0 Å². The summed E-state index contributed by atoms with van der Waals surface area (Å²) in [6, 6.07) is 5.56. The Hall–Kier alpha value is -0.320. The number of anilines is 1. The SMILES string of the molecule is NNc1c(S)cccc1S. The van der Waals surface area contributed by atoms with Crippen molar-refractivity contribution >= 4 is 30.9 Å². The predicted octanol–water partition coefficient (Wildman–Crippen LogP) is 1.55. The van der Waals surface area contributed by atoms with Gasteiger partial charge in [0.15, 0.2) is 0 Å². The van der Waals surface area contributed by atoms with Crippen LogP contribution < -0.4 is 11.3 Å². The summed E-state index contributed by atoms with van der Waals surface area (Å²) in [5.74, 6) is 5.20. The van der Waals surface area contributed by atoms with Crippen LogP contribution in [0.3, 0.4) is 0 Å². The molecule has 0 spiro atoms. The van der Waals surface area contributed by atoms with E-state index in [1.807, 2.05) is 18.2 Å². The molecule has 0 fully saturated rings. The maximum Gasteiger partial charge on any atom is 0.0753 e. The van der Waals surface area contributed by atoms with Crippen LogP contribution in [0.1, 0.15) is 0 Å². The summed E-state index contributed by atoms with van der Waals surface area (Å²) in [4.78, 5) is 1.60. The third-order valence-electron chi connectivity index (χ3n) is 1.16. The molecule has 0 saturated heterocycles. The fraction of sp³-hybridized carbons (Fsp3) is 0. The highest BCUT2D eigenvalue weighted by Gasteiger charge is 1.98. The molecule has 0 bridgehead atoms. The Labute approximate surface area is 70.6 Å². The number of para-hydroxylation sites is 1. The number of nitrogens with two attached hydrogens (primary N) is 1. The van der Waals surface area contributed by atoms with Gasteiger partial charge in [-0.05, 0) is 12.1 Å². The first-order valence-electron chi connectivity index (χ1n) is 2.73. The van der Waals surface area contributed by atoms with Gasteiger partial charge in [-0.15, -0.1) is 25.3 Å². The standard InChI is InChI=1S/C6H8N2S2/c7-8-6-4(9)2-1-3-5(6)10/h1-3,8-10H,7H2. The van der Waals surface area contributed by atoms with E-state index in [-0.39, 0.29) is 0 Å². The minimum atomic E-state index is 0.758. The average molecular weight is 172 g/mol. The molecule has 1 aromatic carbocycles. The Kier molecular flexibility index (Phi) is 2.48. The molecule has 1 rings (SSSR count). The third kappa shape index (κ3) is 1.39. The largest absolute Gasteiger partial charge is 0.322 e. The van der Waals surface area contributed by atoms with E-state index < -0.39 is 0 Å². The van der Waals surface area contributed by atoms with Crippen molar-refractivity contribution in [3.63, 3.8) is 0 Å². The average Bonchev–Trinajstić information content (AvgIpc) is 1.88. The summed E-state index contributed by atoms with van der Waals surface area (Å²) in [6.45, 7) is 0. The molecule has 0 atom stereocenters. The normalized spacial score (nSPS) is 9.50. The number of thiol groups is 2. The summed E-state index contributed by atoms with van der Waals surface area (Å²) in [6.07, 6.45) is 0. The second-order valence-electron chi connectivity index (χ2n) is 1.82. The van der Waals surface area contributed by atoms with Gasteiger partial charge in [-0.25, -0.2) is 0 Å². The molecule has 1 aromatic rings. The molecular weight excluding hydrogens is 164 g/mol. The Balaban J connectivity index is 3.17. The van der Waals surface area contributed by atoms with Gasteiger partial charge in [-0.1, -0.05) is 6.07 Å². The smallest absolute Gasteiger partial charge is 0.0753 e. The summed E-state index contributed by atoms with van der Waals surface area (Å²) < 4.78 is 0. The van der Waals surface area contributed by atoms with Crippen molar-refractivity contribution in [3.05, 3.63) is 18.2 Å². The van der Waals surface area contributed by atoms with Gasteiger partial charge in [0.2, 0.25) is 0 Å². The minimum Gasteiger partial charge on any atom is -0.322 e. The van der Waals surface area contributed by atoms with Crippen molar-refractivity contribution in [2.24, 2.45) is 5.84 Å². The Bertz CT molecular complexity index is 217. The molecule has 3 N–H and O–H groups in total. The van der Waals surface area contributed by atoms with E-state index in [0.29, 0.717) is 0 Å². The molecule has 10 heavy (non-hydrogen) atoms. The van der Waals surface area contributed by atoms with Crippen LogP contribution in [0.5, 0.6) is 0 Å². The fourth-order valence-electron chi connectivity index (χ4n) is 0.676. The van der Waals surface area contributed by atoms with E-state index in [1.54, 1.807) is 0 Å². The molecule has 0 aromatic heterocycles. The van der Waals surface area contributed by atoms with Gasteiger partial charge in [-0.3, -0.25) is 5.84 Å². The van der Waals surface area contributed by atoms with Crippen LogP contribution in [0, 0.1) is 0 Å². The van der Waals surface area contributed by atoms with Crippen molar-refractivity contribution in [2.75, 3.05) is 5.43 Å². The zero-order chi connectivity index (χ0) is 7.56. The first kappa shape index (κ1) is 7.78. The molecule has 0 aliphatic carbocycles. The summed E-state index contributed by atoms with van der Waals surface area (Å²) in [5.41, 5.74) is 3.27. The molecular formula is C6H8N2S2. The molecule has 54 valence electrons. The quantitative estimate of drug-likeness (QED) is 0.295. The van der Waals surface area contributed by atoms with Crippen LogP contribution in [-0.2, 0) is 0 Å². The molecule has 0 heterocycles. The monoisotopic (exact) mass is 172 g/mol. The number of nitrogens with one attached hydrogen (secondary N) is 1. The molecule has 4 heteroatoms. The van der Waals surface area contributed by atoms with Crippen molar-refractivity contribution in [1.29, 1.82) is 0 Å². The lowest BCUT2D eigenvalue weighted by Crippen LogP contribution is -2.07. The van der Waals surface area contributed by atoms with Crippen LogP contribution >= 0.6 is 25.3 Å². The Morgan fingerprint density at radius 1 is 1.20 bits per heavy atom. The van der Waals surface area contributed by atoms with Gasteiger partial charge in [0.05, 0.1) is 5.69 Å². The molecule has 0 saturated carbocycles. The van der Waals surface area contributed by atoms with Gasteiger partial charge in [-0.2, -0.15) is 0 Å². The second kappa shape index (κ2) is 3.18. The van der Waals surface area contributed by atoms with Gasteiger partial charge in [0.1, 0.15) is 0 Å². The van der Waals surface area contributed by atoms with E-state index >= 15 is 0 Å².